The Kier molecular flexibility index (Phi) is 8.30. The van der Waals surface area contributed by atoms with E-state index in [9.17, 15) is 19.2 Å². The van der Waals surface area contributed by atoms with Crippen molar-refractivity contribution in [3.05, 3.63) is 0 Å². The lowest BCUT2D eigenvalue weighted by molar-refractivity contribution is -0.266. The highest BCUT2D eigenvalue weighted by Crippen LogP contribution is 2.29. The highest BCUT2D eigenvalue weighted by Gasteiger charge is 2.51. The zero-order chi connectivity index (χ0) is 19.9. The molecule has 1 fully saturated rings. The van der Waals surface area contributed by atoms with Crippen LogP contribution in [-0.2, 0) is 42.9 Å². The zero-order valence-electron chi connectivity index (χ0n) is 14.6. The van der Waals surface area contributed by atoms with E-state index in [0.29, 0.717) is 0 Å². The molecular formula is C15H19NO9S. The average molecular weight is 389 g/mol. The van der Waals surface area contributed by atoms with E-state index >= 15 is 0 Å². The molecule has 5 atom stereocenters. The van der Waals surface area contributed by atoms with Crippen LogP contribution in [-0.4, -0.2) is 66.3 Å². The normalized spacial score (nSPS) is 27.5. The van der Waals surface area contributed by atoms with Gasteiger partial charge in [-0.25, -0.2) is 4.99 Å². The summed E-state index contributed by atoms with van der Waals surface area (Å²) in [6, 6.07) is -1.13. The van der Waals surface area contributed by atoms with Crippen LogP contribution in [0.5, 0.6) is 0 Å². The van der Waals surface area contributed by atoms with Crippen LogP contribution in [0.3, 0.4) is 0 Å². The van der Waals surface area contributed by atoms with Crippen LogP contribution in [0, 0.1) is 0 Å². The molecule has 0 aliphatic carbocycles. The molecule has 1 aliphatic heterocycles. The van der Waals surface area contributed by atoms with Gasteiger partial charge in [0.15, 0.2) is 18.2 Å². The quantitative estimate of drug-likeness (QED) is 0.268. The number of nitrogens with zero attached hydrogens (tertiary/aromatic N) is 1. The summed E-state index contributed by atoms with van der Waals surface area (Å²) in [5.41, 5.74) is 0. The summed E-state index contributed by atoms with van der Waals surface area (Å²) in [7, 11) is 0. The average Bonchev–Trinajstić information content (AvgIpc) is 2.49. The molecule has 1 saturated heterocycles. The maximum Gasteiger partial charge on any atom is 0.305 e. The van der Waals surface area contributed by atoms with E-state index in [1.54, 1.807) is 0 Å². The molecule has 10 nitrogen and oxygen atoms in total. The number of esters is 4. The Morgan fingerprint density at radius 3 is 1.92 bits per heavy atom. The van der Waals surface area contributed by atoms with Crippen LogP contribution >= 0.6 is 12.2 Å². The first kappa shape index (κ1) is 21.7. The van der Waals surface area contributed by atoms with Gasteiger partial charge in [0.2, 0.25) is 6.29 Å². The Balaban J connectivity index is 3.28. The molecule has 144 valence electrons. The predicted molar refractivity (Wildman–Crippen MR) is 87.0 cm³/mol. The molecule has 0 spiro atoms. The molecule has 0 aromatic carbocycles. The molecule has 1 rings (SSSR count). The van der Waals surface area contributed by atoms with E-state index in [0.717, 1.165) is 20.8 Å². The molecule has 0 radical (unpaired) electrons. The Hall–Kier alpha value is -2.36. The highest BCUT2D eigenvalue weighted by molar-refractivity contribution is 7.78. The number of hydrogen-bond acceptors (Lipinski definition) is 11. The van der Waals surface area contributed by atoms with E-state index in [1.807, 2.05) is 0 Å². The smallest absolute Gasteiger partial charge is 0.305 e. The molecule has 0 N–H and O–H groups in total. The summed E-state index contributed by atoms with van der Waals surface area (Å²) in [5.74, 6) is -2.70. The highest BCUT2D eigenvalue weighted by atomic mass is 32.1. The van der Waals surface area contributed by atoms with Crippen molar-refractivity contribution in [2.45, 2.75) is 58.3 Å². The molecule has 0 unspecified atom stereocenters. The summed E-state index contributed by atoms with van der Waals surface area (Å²) in [6.07, 6.45) is -4.78. The van der Waals surface area contributed by atoms with Gasteiger partial charge >= 0.3 is 23.9 Å². The number of thiocarbonyl (C=S) groups is 1. The summed E-state index contributed by atoms with van der Waals surface area (Å²) >= 11 is 4.58. The lowest BCUT2D eigenvalue weighted by Gasteiger charge is -2.42. The van der Waals surface area contributed by atoms with E-state index < -0.39 is 54.5 Å². The van der Waals surface area contributed by atoms with E-state index in [2.05, 4.69) is 22.4 Å². The standard InChI is InChI=1S/C15H19NO9S/c1-7(17)21-5-11-13(22-8(2)18)14(23-9(3)19)12(16-6-26)15(25-11)24-10(4)20/h11-15H,5H2,1-4H3/t11-,12+,13-,14-,15+/m1/s1. The first-order valence-corrected chi connectivity index (χ1v) is 7.94. The number of isothiocyanates is 1. The molecule has 26 heavy (non-hydrogen) atoms. The first-order valence-electron chi connectivity index (χ1n) is 7.53. The molecule has 1 aliphatic rings. The first-order chi connectivity index (χ1) is 12.1. The molecule has 0 bridgehead atoms. The Labute approximate surface area is 154 Å². The van der Waals surface area contributed by atoms with E-state index in [-0.39, 0.29) is 6.61 Å². The van der Waals surface area contributed by atoms with Crippen molar-refractivity contribution >= 4 is 41.3 Å². The summed E-state index contributed by atoms with van der Waals surface area (Å²) in [5, 5.41) is 2.10. The molecular weight excluding hydrogens is 370 g/mol. The fourth-order valence-electron chi connectivity index (χ4n) is 2.34. The SMILES string of the molecule is CC(=O)OC[C@H]1O[C@H](OC(C)=O)[C@@H](N=C=S)[C@@H](OC(C)=O)[C@@H]1OC(C)=O. The number of rotatable bonds is 6. The maximum absolute atomic E-state index is 11.5. The Morgan fingerprint density at radius 2 is 1.46 bits per heavy atom. The summed E-state index contributed by atoms with van der Waals surface area (Å²) < 4.78 is 25.9. The van der Waals surface area contributed by atoms with Crippen LogP contribution in [0.25, 0.3) is 0 Å². The van der Waals surface area contributed by atoms with Crippen molar-refractivity contribution in [2.75, 3.05) is 6.61 Å². The second-order valence-electron chi connectivity index (χ2n) is 5.31. The van der Waals surface area contributed by atoms with Crippen molar-refractivity contribution in [1.82, 2.24) is 0 Å². The third kappa shape index (κ3) is 6.51. The van der Waals surface area contributed by atoms with Gasteiger partial charge in [-0.2, -0.15) is 0 Å². The Morgan fingerprint density at radius 1 is 0.923 bits per heavy atom. The number of carbonyl (C=O) groups excluding carboxylic acids is 4. The van der Waals surface area contributed by atoms with Crippen molar-refractivity contribution in [1.29, 1.82) is 0 Å². The lowest BCUT2D eigenvalue weighted by atomic mass is 9.96. The van der Waals surface area contributed by atoms with Gasteiger partial charge in [-0.1, -0.05) is 0 Å². The number of hydrogen-bond donors (Lipinski definition) is 0. The van der Waals surface area contributed by atoms with E-state index in [1.165, 1.54) is 6.92 Å². The third-order valence-corrected chi connectivity index (χ3v) is 3.26. The molecule has 0 saturated carbocycles. The van der Waals surface area contributed by atoms with Gasteiger partial charge in [-0.15, -0.1) is 0 Å². The second kappa shape index (κ2) is 9.95. The second-order valence-corrected chi connectivity index (χ2v) is 5.50. The number of aliphatic imine (C=N–C) groups is 1. The largest absolute Gasteiger partial charge is 0.463 e. The third-order valence-electron chi connectivity index (χ3n) is 3.15. The van der Waals surface area contributed by atoms with Crippen LogP contribution in [0.2, 0.25) is 0 Å². The van der Waals surface area contributed by atoms with Gasteiger partial charge in [0.05, 0.1) is 5.16 Å². The van der Waals surface area contributed by atoms with Gasteiger partial charge in [0, 0.05) is 27.7 Å². The fraction of sp³-hybridized carbons (Fsp3) is 0.667. The van der Waals surface area contributed by atoms with Gasteiger partial charge < -0.3 is 23.7 Å². The Bertz CT molecular complexity index is 616. The summed E-state index contributed by atoms with van der Waals surface area (Å²) in [4.78, 5) is 49.3. The lowest BCUT2D eigenvalue weighted by Crippen LogP contribution is -2.61. The number of carbonyl (C=O) groups is 4. The van der Waals surface area contributed by atoms with Crippen LogP contribution in [0.15, 0.2) is 4.99 Å². The van der Waals surface area contributed by atoms with Crippen molar-refractivity contribution in [3.8, 4) is 0 Å². The minimum absolute atomic E-state index is 0.336. The van der Waals surface area contributed by atoms with Crippen LogP contribution in [0.1, 0.15) is 27.7 Å². The van der Waals surface area contributed by atoms with Gasteiger partial charge in [-0.3, -0.25) is 19.2 Å². The van der Waals surface area contributed by atoms with Crippen LogP contribution < -0.4 is 0 Å². The monoisotopic (exact) mass is 389 g/mol. The van der Waals surface area contributed by atoms with Gasteiger partial charge in [0.25, 0.3) is 0 Å². The van der Waals surface area contributed by atoms with Crippen molar-refractivity contribution < 1.29 is 42.9 Å². The van der Waals surface area contributed by atoms with Crippen LogP contribution in [0.4, 0.5) is 0 Å². The topological polar surface area (TPSA) is 127 Å². The minimum Gasteiger partial charge on any atom is -0.463 e. The maximum atomic E-state index is 11.5. The molecule has 1 heterocycles. The molecule has 0 aromatic rings. The number of ether oxygens (including phenoxy) is 5. The van der Waals surface area contributed by atoms with Gasteiger partial charge in [0.1, 0.15) is 12.7 Å². The zero-order valence-corrected chi connectivity index (χ0v) is 15.4. The minimum atomic E-state index is -1.32. The fourth-order valence-corrected chi connectivity index (χ4v) is 2.47. The van der Waals surface area contributed by atoms with Crippen molar-refractivity contribution in [3.63, 3.8) is 0 Å². The summed E-state index contributed by atoms with van der Waals surface area (Å²) in [6.45, 7) is 4.26. The van der Waals surface area contributed by atoms with Gasteiger partial charge in [-0.05, 0) is 12.2 Å². The molecule has 11 heteroatoms. The van der Waals surface area contributed by atoms with Crippen molar-refractivity contribution in [2.24, 2.45) is 4.99 Å². The molecule has 0 aromatic heterocycles. The predicted octanol–water partition coefficient (Wildman–Crippen LogP) is 0.172. The van der Waals surface area contributed by atoms with E-state index in [4.69, 9.17) is 23.7 Å². The molecule has 0 amide bonds.